The summed E-state index contributed by atoms with van der Waals surface area (Å²) in [5, 5.41) is 0. The minimum absolute atomic E-state index is 0.0824. The Bertz CT molecular complexity index is 187. The summed E-state index contributed by atoms with van der Waals surface area (Å²) >= 11 is 0. The fraction of sp³-hybridized carbons (Fsp3) is 1.00. The Morgan fingerprint density at radius 3 is 2.00 bits per heavy atom. The predicted molar refractivity (Wildman–Crippen MR) is 39.1 cm³/mol. The number of nitrogens with two attached hydrogens (primary N) is 1. The molecule has 0 saturated carbocycles. The summed E-state index contributed by atoms with van der Waals surface area (Å²) in [6.07, 6.45) is 0. The molecule has 0 rings (SSSR count). The first-order chi connectivity index (χ1) is 4.41. The van der Waals surface area contributed by atoms with Gasteiger partial charge in [0.2, 0.25) is 0 Å². The molecule has 10 heavy (non-hydrogen) atoms. The van der Waals surface area contributed by atoms with Crippen molar-refractivity contribution >= 4 is 10.2 Å². The van der Waals surface area contributed by atoms with Crippen LogP contribution in [0.2, 0.25) is 0 Å². The van der Waals surface area contributed by atoms with Gasteiger partial charge in [-0.3, -0.25) is 5.84 Å². The second-order valence-electron chi connectivity index (χ2n) is 2.23. The third-order valence-corrected chi connectivity index (χ3v) is 2.73. The number of rotatable bonds is 3. The standard InChI is InChI=1S/C4H13N3O2S/c1-4(2)7(3)10(8,9)6-5/h4,6H,5H2,1-3H3. The van der Waals surface area contributed by atoms with Crippen LogP contribution < -0.4 is 10.7 Å². The molecule has 3 N–H and O–H groups in total. The topological polar surface area (TPSA) is 75.4 Å². The summed E-state index contributed by atoms with van der Waals surface area (Å²) in [6, 6.07) is -0.0824. The normalized spacial score (nSPS) is 13.0. The van der Waals surface area contributed by atoms with Gasteiger partial charge in [-0.15, -0.1) is 4.83 Å². The lowest BCUT2D eigenvalue weighted by atomic mass is 10.4. The quantitative estimate of drug-likeness (QED) is 0.419. The maximum absolute atomic E-state index is 10.8. The van der Waals surface area contributed by atoms with Crippen molar-refractivity contribution in [1.82, 2.24) is 9.14 Å². The Morgan fingerprint density at radius 1 is 1.50 bits per heavy atom. The van der Waals surface area contributed by atoms with E-state index in [0.29, 0.717) is 0 Å². The lowest BCUT2D eigenvalue weighted by Crippen LogP contribution is -2.44. The molecule has 0 spiro atoms. The highest BCUT2D eigenvalue weighted by molar-refractivity contribution is 7.87. The van der Waals surface area contributed by atoms with Crippen molar-refractivity contribution in [3.8, 4) is 0 Å². The first-order valence-electron chi connectivity index (χ1n) is 2.87. The van der Waals surface area contributed by atoms with E-state index in [2.05, 4.69) is 0 Å². The van der Waals surface area contributed by atoms with Crippen LogP contribution in [0.15, 0.2) is 0 Å². The Morgan fingerprint density at radius 2 is 1.90 bits per heavy atom. The van der Waals surface area contributed by atoms with Crippen molar-refractivity contribution in [2.75, 3.05) is 7.05 Å². The summed E-state index contributed by atoms with van der Waals surface area (Å²) in [6.45, 7) is 3.52. The molecule has 0 aromatic rings. The molecule has 0 aromatic carbocycles. The number of hydrogen-bond acceptors (Lipinski definition) is 3. The van der Waals surface area contributed by atoms with Crippen molar-refractivity contribution in [2.24, 2.45) is 5.84 Å². The molecule has 0 aliphatic heterocycles. The largest absolute Gasteiger partial charge is 0.292 e. The molecule has 0 aromatic heterocycles. The van der Waals surface area contributed by atoms with E-state index in [9.17, 15) is 8.42 Å². The molecule has 5 nitrogen and oxygen atoms in total. The van der Waals surface area contributed by atoms with E-state index < -0.39 is 10.2 Å². The van der Waals surface area contributed by atoms with Gasteiger partial charge < -0.3 is 0 Å². The second kappa shape index (κ2) is 3.29. The van der Waals surface area contributed by atoms with Crippen LogP contribution in [0.25, 0.3) is 0 Å². The van der Waals surface area contributed by atoms with Crippen LogP contribution in [0.1, 0.15) is 13.8 Å². The van der Waals surface area contributed by atoms with Crippen LogP contribution >= 0.6 is 0 Å². The van der Waals surface area contributed by atoms with Gasteiger partial charge >= 0.3 is 0 Å². The van der Waals surface area contributed by atoms with E-state index in [1.54, 1.807) is 18.7 Å². The molecule has 0 aliphatic carbocycles. The van der Waals surface area contributed by atoms with E-state index in [1.807, 2.05) is 0 Å². The van der Waals surface area contributed by atoms with Gasteiger partial charge in [-0.2, -0.15) is 12.7 Å². The molecule has 0 fully saturated rings. The maximum Gasteiger partial charge on any atom is 0.292 e. The number of nitrogens with zero attached hydrogens (tertiary/aromatic N) is 1. The van der Waals surface area contributed by atoms with Crippen molar-refractivity contribution < 1.29 is 8.42 Å². The monoisotopic (exact) mass is 167 g/mol. The second-order valence-corrected chi connectivity index (χ2v) is 3.99. The fourth-order valence-electron chi connectivity index (χ4n) is 0.361. The molecule has 62 valence electrons. The maximum atomic E-state index is 10.8. The summed E-state index contributed by atoms with van der Waals surface area (Å²) in [5.74, 6) is 4.77. The third kappa shape index (κ3) is 2.22. The van der Waals surface area contributed by atoms with Crippen LogP contribution in [0.3, 0.4) is 0 Å². The minimum Gasteiger partial charge on any atom is -0.257 e. The molecule has 0 bridgehead atoms. The molecule has 6 heteroatoms. The van der Waals surface area contributed by atoms with Crippen LogP contribution in [0.5, 0.6) is 0 Å². The van der Waals surface area contributed by atoms with Gasteiger partial charge in [0, 0.05) is 13.1 Å². The summed E-state index contributed by atoms with van der Waals surface area (Å²) in [4.78, 5) is 1.72. The Labute approximate surface area is 61.3 Å². The SMILES string of the molecule is CC(C)N(C)S(=O)(=O)NN. The van der Waals surface area contributed by atoms with Gasteiger partial charge in [0.05, 0.1) is 0 Å². The van der Waals surface area contributed by atoms with Gasteiger partial charge in [0.1, 0.15) is 0 Å². The highest BCUT2D eigenvalue weighted by Gasteiger charge is 2.17. The van der Waals surface area contributed by atoms with Crippen LogP contribution in [-0.4, -0.2) is 25.8 Å². The predicted octanol–water partition coefficient (Wildman–Crippen LogP) is -0.965. The minimum atomic E-state index is -3.44. The molecular formula is C4H13N3O2S. The molecule has 0 heterocycles. The first kappa shape index (κ1) is 9.83. The third-order valence-electron chi connectivity index (χ3n) is 1.26. The van der Waals surface area contributed by atoms with Gasteiger partial charge in [0.25, 0.3) is 10.2 Å². The molecule has 0 saturated heterocycles. The van der Waals surface area contributed by atoms with Gasteiger partial charge in [-0.05, 0) is 13.8 Å². The van der Waals surface area contributed by atoms with E-state index >= 15 is 0 Å². The summed E-state index contributed by atoms with van der Waals surface area (Å²) < 4.78 is 22.8. The van der Waals surface area contributed by atoms with E-state index in [1.165, 1.54) is 7.05 Å². The summed E-state index contributed by atoms with van der Waals surface area (Å²) in [5.41, 5.74) is 0. The van der Waals surface area contributed by atoms with Gasteiger partial charge in [0.15, 0.2) is 0 Å². The van der Waals surface area contributed by atoms with E-state index in [0.717, 1.165) is 4.31 Å². The number of hydrogen-bond donors (Lipinski definition) is 2. The highest BCUT2D eigenvalue weighted by atomic mass is 32.2. The van der Waals surface area contributed by atoms with Crippen LogP contribution in [-0.2, 0) is 10.2 Å². The average Bonchev–Trinajstić information content (AvgIpc) is 1.86. The van der Waals surface area contributed by atoms with Crippen molar-refractivity contribution in [2.45, 2.75) is 19.9 Å². The molecule has 0 atom stereocenters. The van der Waals surface area contributed by atoms with E-state index in [-0.39, 0.29) is 6.04 Å². The zero-order valence-electron chi connectivity index (χ0n) is 6.33. The van der Waals surface area contributed by atoms with E-state index in [4.69, 9.17) is 5.84 Å². The Kier molecular flexibility index (Phi) is 3.23. The molecule has 0 radical (unpaired) electrons. The van der Waals surface area contributed by atoms with Crippen LogP contribution in [0, 0.1) is 0 Å². The van der Waals surface area contributed by atoms with Crippen LogP contribution in [0.4, 0.5) is 0 Å². The number of hydrazine groups is 1. The number of nitrogens with one attached hydrogen (secondary N) is 1. The van der Waals surface area contributed by atoms with Crippen molar-refractivity contribution in [3.63, 3.8) is 0 Å². The first-order valence-corrected chi connectivity index (χ1v) is 4.31. The summed E-state index contributed by atoms with van der Waals surface area (Å²) in [7, 11) is -1.98. The lowest BCUT2D eigenvalue weighted by molar-refractivity contribution is 0.403. The lowest BCUT2D eigenvalue weighted by Gasteiger charge is -2.19. The molecular weight excluding hydrogens is 154 g/mol. The highest BCUT2D eigenvalue weighted by Crippen LogP contribution is 1.97. The fourth-order valence-corrected chi connectivity index (χ4v) is 1.08. The molecule has 0 unspecified atom stereocenters. The zero-order valence-corrected chi connectivity index (χ0v) is 7.14. The van der Waals surface area contributed by atoms with Gasteiger partial charge in [-0.25, -0.2) is 0 Å². The molecule has 0 amide bonds. The van der Waals surface area contributed by atoms with Gasteiger partial charge in [-0.1, -0.05) is 0 Å². The zero-order chi connectivity index (χ0) is 8.36. The van der Waals surface area contributed by atoms with Crippen molar-refractivity contribution in [1.29, 1.82) is 0 Å². The van der Waals surface area contributed by atoms with Crippen molar-refractivity contribution in [3.05, 3.63) is 0 Å². The smallest absolute Gasteiger partial charge is 0.257 e. The Hall–Kier alpha value is -0.170. The molecule has 0 aliphatic rings. The average molecular weight is 167 g/mol. The Balaban J connectivity index is 4.35.